The Balaban J connectivity index is 0.000000223. The molecule has 1 heterocycles. The van der Waals surface area contributed by atoms with Gasteiger partial charge in [-0.05, 0) is 18.2 Å². The van der Waals surface area contributed by atoms with E-state index >= 15 is 0 Å². The van der Waals surface area contributed by atoms with Gasteiger partial charge in [-0.2, -0.15) is 0 Å². The van der Waals surface area contributed by atoms with E-state index in [-0.39, 0.29) is 9.92 Å². The molecule has 27 heavy (non-hydrogen) atoms. The summed E-state index contributed by atoms with van der Waals surface area (Å²) >= 11 is 10.6. The number of ether oxygens (including phenoxy) is 2. The van der Waals surface area contributed by atoms with E-state index < -0.39 is 11.6 Å². The van der Waals surface area contributed by atoms with Crippen molar-refractivity contribution in [3.8, 4) is 11.5 Å². The number of benzene rings is 2. The molecule has 4 nitrogen and oxygen atoms in total. The third kappa shape index (κ3) is 6.27. The molecule has 0 amide bonds. The van der Waals surface area contributed by atoms with Crippen LogP contribution in [0.15, 0.2) is 46.8 Å². The molecule has 0 aliphatic carbocycles. The van der Waals surface area contributed by atoms with Crippen molar-refractivity contribution in [1.82, 2.24) is 4.98 Å². The van der Waals surface area contributed by atoms with E-state index in [1.165, 1.54) is 0 Å². The van der Waals surface area contributed by atoms with Crippen LogP contribution in [0, 0.1) is 11.6 Å². The SMILES string of the molecule is COc1ccc(CNc2nccs2)c(OC)c1.Fc1cc(F)c(Cl)cc1S. The van der Waals surface area contributed by atoms with E-state index in [1.54, 1.807) is 31.8 Å². The Hall–Kier alpha value is -2.03. The molecule has 3 aromatic rings. The molecule has 0 spiro atoms. The van der Waals surface area contributed by atoms with Crippen LogP contribution in [0.25, 0.3) is 0 Å². The number of hydrogen-bond donors (Lipinski definition) is 2. The van der Waals surface area contributed by atoms with Crippen molar-refractivity contribution in [3.63, 3.8) is 0 Å². The highest BCUT2D eigenvalue weighted by atomic mass is 35.5. The Kier molecular flexibility index (Phi) is 8.15. The highest BCUT2D eigenvalue weighted by molar-refractivity contribution is 7.80. The molecule has 1 aromatic heterocycles. The zero-order valence-electron chi connectivity index (χ0n) is 14.5. The number of methoxy groups -OCH3 is 2. The summed E-state index contributed by atoms with van der Waals surface area (Å²) in [7, 11) is 3.30. The number of thiol groups is 1. The first kappa shape index (κ1) is 21.3. The minimum Gasteiger partial charge on any atom is -0.497 e. The molecule has 0 saturated heterocycles. The Labute approximate surface area is 170 Å². The van der Waals surface area contributed by atoms with Gasteiger partial charge in [-0.1, -0.05) is 11.6 Å². The van der Waals surface area contributed by atoms with Gasteiger partial charge in [-0.25, -0.2) is 13.8 Å². The van der Waals surface area contributed by atoms with Gasteiger partial charge in [0.2, 0.25) is 0 Å². The van der Waals surface area contributed by atoms with Gasteiger partial charge in [0.1, 0.15) is 23.1 Å². The number of aromatic nitrogens is 1. The van der Waals surface area contributed by atoms with Crippen LogP contribution in [-0.2, 0) is 6.54 Å². The average molecular weight is 431 g/mol. The van der Waals surface area contributed by atoms with Gasteiger partial charge in [-0.15, -0.1) is 24.0 Å². The summed E-state index contributed by atoms with van der Waals surface area (Å²) in [6, 6.07) is 7.60. The Bertz CT molecular complexity index is 830. The highest BCUT2D eigenvalue weighted by Crippen LogP contribution is 2.25. The summed E-state index contributed by atoms with van der Waals surface area (Å²) in [6.07, 6.45) is 1.78. The third-order valence-corrected chi connectivity index (χ3v) is 4.71. The minimum absolute atomic E-state index is 0.0476. The van der Waals surface area contributed by atoms with Crippen molar-refractivity contribution in [2.45, 2.75) is 11.4 Å². The maximum absolute atomic E-state index is 12.4. The molecule has 0 atom stereocenters. The normalized spacial score (nSPS) is 10.0. The molecule has 0 unspecified atom stereocenters. The van der Waals surface area contributed by atoms with Crippen molar-refractivity contribution < 1.29 is 18.3 Å². The van der Waals surface area contributed by atoms with Gasteiger partial charge in [-0.3, -0.25) is 0 Å². The van der Waals surface area contributed by atoms with Crippen LogP contribution in [0.3, 0.4) is 0 Å². The quantitative estimate of drug-likeness (QED) is 0.403. The van der Waals surface area contributed by atoms with E-state index in [4.69, 9.17) is 21.1 Å². The fraction of sp³-hybridized carbons (Fsp3) is 0.167. The van der Waals surface area contributed by atoms with Crippen LogP contribution in [-0.4, -0.2) is 19.2 Å². The van der Waals surface area contributed by atoms with Crippen LogP contribution in [0.2, 0.25) is 5.02 Å². The van der Waals surface area contributed by atoms with Gasteiger partial charge in [0, 0.05) is 40.7 Å². The molecular weight excluding hydrogens is 414 g/mol. The van der Waals surface area contributed by atoms with Gasteiger partial charge < -0.3 is 14.8 Å². The van der Waals surface area contributed by atoms with Crippen LogP contribution < -0.4 is 14.8 Å². The summed E-state index contributed by atoms with van der Waals surface area (Å²) in [6.45, 7) is 0.681. The maximum atomic E-state index is 12.4. The molecule has 0 aliphatic rings. The maximum Gasteiger partial charge on any atom is 0.182 e. The minimum atomic E-state index is -0.767. The molecule has 144 valence electrons. The number of anilines is 1. The molecule has 0 fully saturated rings. The second-order valence-corrected chi connectivity index (χ2v) is 6.87. The zero-order chi connectivity index (χ0) is 19.8. The summed E-state index contributed by atoms with van der Waals surface area (Å²) in [5.41, 5.74) is 1.07. The van der Waals surface area contributed by atoms with Crippen molar-refractivity contribution in [1.29, 1.82) is 0 Å². The van der Waals surface area contributed by atoms with E-state index in [0.29, 0.717) is 12.6 Å². The summed E-state index contributed by atoms with van der Waals surface area (Å²) in [5.74, 6) is 0.135. The second kappa shape index (κ2) is 10.3. The summed E-state index contributed by atoms with van der Waals surface area (Å²) < 4.78 is 35.2. The summed E-state index contributed by atoms with van der Waals surface area (Å²) in [4.78, 5) is 4.21. The fourth-order valence-electron chi connectivity index (χ4n) is 1.99. The topological polar surface area (TPSA) is 43.4 Å². The lowest BCUT2D eigenvalue weighted by Gasteiger charge is -2.10. The van der Waals surface area contributed by atoms with Crippen molar-refractivity contribution >= 4 is 40.7 Å². The number of rotatable bonds is 5. The molecule has 1 N–H and O–H groups in total. The third-order valence-electron chi connectivity index (χ3n) is 3.35. The number of hydrogen-bond acceptors (Lipinski definition) is 6. The Morgan fingerprint density at radius 1 is 1.15 bits per heavy atom. The van der Waals surface area contributed by atoms with E-state index in [1.807, 2.05) is 23.6 Å². The Morgan fingerprint density at radius 3 is 2.52 bits per heavy atom. The van der Waals surface area contributed by atoms with Crippen LogP contribution >= 0.6 is 35.6 Å². The monoisotopic (exact) mass is 430 g/mol. The molecule has 0 saturated carbocycles. The number of halogens is 3. The van der Waals surface area contributed by atoms with E-state index in [0.717, 1.165) is 28.3 Å². The van der Waals surface area contributed by atoms with Crippen LogP contribution in [0.1, 0.15) is 5.56 Å². The number of nitrogens with one attached hydrogen (secondary N) is 1. The lowest BCUT2D eigenvalue weighted by atomic mass is 10.2. The summed E-state index contributed by atoms with van der Waals surface area (Å²) in [5, 5.41) is 5.96. The van der Waals surface area contributed by atoms with E-state index in [9.17, 15) is 8.78 Å². The predicted octanol–water partition coefficient (Wildman–Crippen LogP) is 5.68. The molecule has 0 aliphatic heterocycles. The second-order valence-electron chi connectivity index (χ2n) is 5.09. The molecule has 0 radical (unpaired) electrons. The highest BCUT2D eigenvalue weighted by Gasteiger charge is 2.05. The Morgan fingerprint density at radius 2 is 1.93 bits per heavy atom. The first-order chi connectivity index (χ1) is 12.9. The number of thiazole rings is 1. The van der Waals surface area contributed by atoms with E-state index in [2.05, 4.69) is 22.9 Å². The molecule has 3 rings (SSSR count). The standard InChI is InChI=1S/C12H14N2O2S.C6H3ClF2S/c1-15-10-4-3-9(11(7-10)16-2)8-14-12-13-5-6-17-12;7-3-1-6(10)5(9)2-4(3)8/h3-7H,8H2,1-2H3,(H,13,14);1-2,10H. The van der Waals surface area contributed by atoms with Gasteiger partial charge in [0.15, 0.2) is 5.13 Å². The molecule has 2 aromatic carbocycles. The fourth-order valence-corrected chi connectivity index (χ4v) is 2.95. The van der Waals surface area contributed by atoms with Crippen molar-refractivity contribution in [3.05, 3.63) is 64.1 Å². The first-order valence-corrected chi connectivity index (χ1v) is 9.32. The van der Waals surface area contributed by atoms with Gasteiger partial charge >= 0.3 is 0 Å². The molecule has 9 heteroatoms. The smallest absolute Gasteiger partial charge is 0.182 e. The van der Waals surface area contributed by atoms with Gasteiger partial charge in [0.25, 0.3) is 0 Å². The predicted molar refractivity (Wildman–Crippen MR) is 108 cm³/mol. The van der Waals surface area contributed by atoms with Crippen LogP contribution in [0.4, 0.5) is 13.9 Å². The molecule has 0 bridgehead atoms. The first-order valence-electron chi connectivity index (χ1n) is 7.62. The zero-order valence-corrected chi connectivity index (χ0v) is 17.0. The van der Waals surface area contributed by atoms with Crippen molar-refractivity contribution in [2.75, 3.05) is 19.5 Å². The number of nitrogens with zero attached hydrogens (tertiary/aromatic N) is 1. The largest absolute Gasteiger partial charge is 0.497 e. The van der Waals surface area contributed by atoms with Crippen molar-refractivity contribution in [2.24, 2.45) is 0 Å². The lowest BCUT2D eigenvalue weighted by Crippen LogP contribution is -2.01. The molecular formula is C18H17ClF2N2O2S2. The average Bonchev–Trinajstić information content (AvgIpc) is 3.19. The van der Waals surface area contributed by atoms with Gasteiger partial charge in [0.05, 0.1) is 19.2 Å². The lowest BCUT2D eigenvalue weighted by molar-refractivity contribution is 0.391. The van der Waals surface area contributed by atoms with Crippen LogP contribution in [0.5, 0.6) is 11.5 Å².